The summed E-state index contributed by atoms with van der Waals surface area (Å²) < 4.78 is 2.13. The zero-order valence-corrected chi connectivity index (χ0v) is 16.2. The molecule has 0 bridgehead atoms. The Morgan fingerprint density at radius 2 is 2.00 bits per heavy atom. The van der Waals surface area contributed by atoms with Crippen molar-refractivity contribution in [2.45, 2.75) is 44.4 Å². The molecular formula is C22H25N5O2. The van der Waals surface area contributed by atoms with E-state index in [1.807, 2.05) is 42.6 Å². The minimum absolute atomic E-state index is 0.0547. The molecule has 4 rings (SSSR count). The van der Waals surface area contributed by atoms with Crippen LogP contribution < -0.4 is 5.32 Å². The lowest BCUT2D eigenvalue weighted by Gasteiger charge is -2.16. The Balaban J connectivity index is 1.31. The molecule has 1 aliphatic rings. The molecule has 2 N–H and O–H groups in total. The maximum atomic E-state index is 12.3. The van der Waals surface area contributed by atoms with Crippen molar-refractivity contribution >= 4 is 5.91 Å². The zero-order chi connectivity index (χ0) is 20.1. The quantitative estimate of drug-likeness (QED) is 0.644. The normalized spacial score (nSPS) is 21.2. The van der Waals surface area contributed by atoms with E-state index in [2.05, 4.69) is 24.8 Å². The number of imidazole rings is 1. The molecule has 29 heavy (non-hydrogen) atoms. The molecule has 1 aliphatic carbocycles. The molecule has 7 heteroatoms. The van der Waals surface area contributed by atoms with Gasteiger partial charge in [0.05, 0.1) is 12.1 Å². The highest BCUT2D eigenvalue weighted by molar-refractivity contribution is 5.76. The molecule has 3 aromatic rings. The molecule has 1 amide bonds. The predicted molar refractivity (Wildman–Crippen MR) is 109 cm³/mol. The average Bonchev–Trinajstić information content (AvgIpc) is 3.34. The van der Waals surface area contributed by atoms with Crippen LogP contribution in [0.5, 0.6) is 0 Å². The summed E-state index contributed by atoms with van der Waals surface area (Å²) in [6, 6.07) is 11.7. The van der Waals surface area contributed by atoms with Crippen LogP contribution in [0.15, 0.2) is 61.3 Å². The first-order valence-electron chi connectivity index (χ1n) is 9.98. The number of nitrogens with zero attached hydrogens (tertiary/aromatic N) is 4. The van der Waals surface area contributed by atoms with E-state index in [9.17, 15) is 9.90 Å². The van der Waals surface area contributed by atoms with Crippen LogP contribution in [0, 0.1) is 5.92 Å². The third-order valence-electron chi connectivity index (χ3n) is 5.43. The van der Waals surface area contributed by atoms with Gasteiger partial charge < -0.3 is 15.0 Å². The molecule has 1 unspecified atom stereocenters. The van der Waals surface area contributed by atoms with E-state index in [0.717, 1.165) is 30.0 Å². The van der Waals surface area contributed by atoms with Crippen LogP contribution in [0.2, 0.25) is 0 Å². The van der Waals surface area contributed by atoms with Crippen LogP contribution in [0.4, 0.5) is 0 Å². The van der Waals surface area contributed by atoms with E-state index < -0.39 is 6.10 Å². The number of carbonyl (C=O) groups is 1. The molecular weight excluding hydrogens is 366 g/mol. The number of aryl methyl sites for hydroxylation is 1. The Hall–Kier alpha value is -3.06. The zero-order valence-electron chi connectivity index (χ0n) is 16.2. The van der Waals surface area contributed by atoms with Crippen LogP contribution in [0.1, 0.15) is 25.0 Å². The number of aromatic nitrogens is 4. The Morgan fingerprint density at radius 3 is 2.79 bits per heavy atom. The van der Waals surface area contributed by atoms with E-state index in [4.69, 9.17) is 0 Å². The van der Waals surface area contributed by atoms with Gasteiger partial charge in [0.2, 0.25) is 5.91 Å². The van der Waals surface area contributed by atoms with Gasteiger partial charge in [0.25, 0.3) is 0 Å². The summed E-state index contributed by atoms with van der Waals surface area (Å²) in [5, 5.41) is 13.4. The number of nitrogens with one attached hydrogen (secondary N) is 1. The molecule has 0 radical (unpaired) electrons. The number of carbonyl (C=O) groups excluding carboxylic acids is 1. The predicted octanol–water partition coefficient (Wildman–Crippen LogP) is 2.23. The SMILES string of the molecule is O=C(CCc1ccncn1)N[C@@H]1CC(Cn2ccnc2-c2ccccc2)C[C@H]1O. The molecule has 150 valence electrons. The number of hydrogen-bond donors (Lipinski definition) is 2. The summed E-state index contributed by atoms with van der Waals surface area (Å²) in [6.07, 6.45) is 8.76. The molecule has 2 aromatic heterocycles. The number of benzene rings is 1. The summed E-state index contributed by atoms with van der Waals surface area (Å²) >= 11 is 0. The van der Waals surface area contributed by atoms with Gasteiger partial charge in [-0.05, 0) is 31.2 Å². The number of rotatable bonds is 7. The Morgan fingerprint density at radius 1 is 1.14 bits per heavy atom. The van der Waals surface area contributed by atoms with Crippen LogP contribution in [0.25, 0.3) is 11.4 Å². The number of aliphatic hydroxyl groups is 1. The first kappa shape index (κ1) is 19.3. The van der Waals surface area contributed by atoms with Crippen molar-refractivity contribution in [3.8, 4) is 11.4 Å². The van der Waals surface area contributed by atoms with E-state index in [1.165, 1.54) is 6.33 Å². The fraction of sp³-hybridized carbons (Fsp3) is 0.364. The Labute approximate surface area is 169 Å². The largest absolute Gasteiger partial charge is 0.391 e. The summed E-state index contributed by atoms with van der Waals surface area (Å²) in [4.78, 5) is 24.8. The first-order valence-corrected chi connectivity index (χ1v) is 9.98. The van der Waals surface area contributed by atoms with E-state index in [1.54, 1.807) is 12.4 Å². The van der Waals surface area contributed by atoms with Gasteiger partial charge >= 0.3 is 0 Å². The standard InChI is InChI=1S/C22H25N5O2/c28-20-13-16(14-27-11-10-24-22(27)17-4-2-1-3-5-17)12-19(20)26-21(29)7-6-18-8-9-23-15-25-18/h1-5,8-11,15-16,19-20,28H,6-7,12-14H2,(H,26,29)/t16?,19-,20-/m1/s1. The maximum Gasteiger partial charge on any atom is 0.220 e. The van der Waals surface area contributed by atoms with Crippen molar-refractivity contribution < 1.29 is 9.90 Å². The van der Waals surface area contributed by atoms with E-state index in [-0.39, 0.29) is 17.9 Å². The van der Waals surface area contributed by atoms with Gasteiger partial charge in [0, 0.05) is 42.8 Å². The number of hydrogen-bond acceptors (Lipinski definition) is 5. The first-order chi connectivity index (χ1) is 14.2. The van der Waals surface area contributed by atoms with Gasteiger partial charge in [-0.3, -0.25) is 4.79 Å². The highest BCUT2D eigenvalue weighted by atomic mass is 16.3. The molecule has 0 spiro atoms. The fourth-order valence-electron chi connectivity index (χ4n) is 3.99. The average molecular weight is 391 g/mol. The topological polar surface area (TPSA) is 92.9 Å². The highest BCUT2D eigenvalue weighted by Crippen LogP contribution is 2.29. The van der Waals surface area contributed by atoms with E-state index in [0.29, 0.717) is 19.3 Å². The van der Waals surface area contributed by atoms with Crippen molar-refractivity contribution in [3.05, 3.63) is 67.0 Å². The number of aliphatic hydroxyl groups excluding tert-OH is 1. The van der Waals surface area contributed by atoms with Gasteiger partial charge in [-0.1, -0.05) is 30.3 Å². The van der Waals surface area contributed by atoms with Crippen molar-refractivity contribution in [1.82, 2.24) is 24.8 Å². The summed E-state index contributed by atoms with van der Waals surface area (Å²) in [5.41, 5.74) is 1.92. The van der Waals surface area contributed by atoms with Crippen molar-refractivity contribution in [2.75, 3.05) is 0 Å². The summed E-state index contributed by atoms with van der Waals surface area (Å²) in [5.74, 6) is 1.16. The highest BCUT2D eigenvalue weighted by Gasteiger charge is 2.34. The Kier molecular flexibility index (Phi) is 5.95. The van der Waals surface area contributed by atoms with Crippen LogP contribution in [-0.4, -0.2) is 42.7 Å². The maximum absolute atomic E-state index is 12.3. The smallest absolute Gasteiger partial charge is 0.220 e. The third kappa shape index (κ3) is 4.86. The second-order valence-electron chi connectivity index (χ2n) is 7.55. The van der Waals surface area contributed by atoms with Gasteiger partial charge in [-0.15, -0.1) is 0 Å². The van der Waals surface area contributed by atoms with Crippen LogP contribution in [0.3, 0.4) is 0 Å². The molecule has 7 nitrogen and oxygen atoms in total. The minimum Gasteiger partial charge on any atom is -0.391 e. The van der Waals surface area contributed by atoms with Crippen LogP contribution >= 0.6 is 0 Å². The third-order valence-corrected chi connectivity index (χ3v) is 5.43. The molecule has 1 aromatic carbocycles. The second-order valence-corrected chi connectivity index (χ2v) is 7.55. The van der Waals surface area contributed by atoms with Gasteiger partial charge in [-0.25, -0.2) is 15.0 Å². The lowest BCUT2D eigenvalue weighted by molar-refractivity contribution is -0.122. The molecule has 1 saturated carbocycles. The monoisotopic (exact) mass is 391 g/mol. The van der Waals surface area contributed by atoms with Gasteiger partial charge in [-0.2, -0.15) is 0 Å². The summed E-state index contributed by atoms with van der Waals surface area (Å²) in [6.45, 7) is 0.772. The second kappa shape index (κ2) is 8.96. The molecule has 0 saturated heterocycles. The van der Waals surface area contributed by atoms with Crippen molar-refractivity contribution in [2.24, 2.45) is 5.92 Å². The van der Waals surface area contributed by atoms with Gasteiger partial charge in [0.15, 0.2) is 0 Å². The lowest BCUT2D eigenvalue weighted by Crippen LogP contribution is -2.40. The molecule has 0 aliphatic heterocycles. The number of amides is 1. The van der Waals surface area contributed by atoms with Crippen molar-refractivity contribution in [1.29, 1.82) is 0 Å². The molecule has 2 heterocycles. The summed E-state index contributed by atoms with van der Waals surface area (Å²) in [7, 11) is 0. The fourth-order valence-corrected chi connectivity index (χ4v) is 3.99. The minimum atomic E-state index is -0.522. The lowest BCUT2D eigenvalue weighted by atomic mass is 10.1. The van der Waals surface area contributed by atoms with Gasteiger partial charge in [0.1, 0.15) is 12.2 Å². The Bertz CT molecular complexity index is 929. The molecule has 1 fully saturated rings. The van der Waals surface area contributed by atoms with E-state index >= 15 is 0 Å². The van der Waals surface area contributed by atoms with Crippen LogP contribution in [-0.2, 0) is 17.8 Å². The molecule has 3 atom stereocenters. The van der Waals surface area contributed by atoms with Crippen molar-refractivity contribution in [3.63, 3.8) is 0 Å².